The number of halogens is 1. The Morgan fingerprint density at radius 2 is 2.13 bits per heavy atom. The predicted octanol–water partition coefficient (Wildman–Crippen LogP) is 2.41. The molecule has 3 aromatic rings. The van der Waals surface area contributed by atoms with Crippen molar-refractivity contribution in [1.82, 2.24) is 25.0 Å². The SMILES string of the molecule is O=C(NCCCn1ccnc1)c1nc(-c2ccc(Cl)cc2)no1. The highest BCUT2D eigenvalue weighted by Gasteiger charge is 2.15. The van der Waals surface area contributed by atoms with Gasteiger partial charge in [-0.15, -0.1) is 0 Å². The summed E-state index contributed by atoms with van der Waals surface area (Å²) in [5.41, 5.74) is 0.734. The van der Waals surface area contributed by atoms with Gasteiger partial charge in [-0.2, -0.15) is 4.98 Å². The molecule has 0 saturated carbocycles. The molecule has 3 rings (SSSR count). The Morgan fingerprint density at radius 3 is 2.87 bits per heavy atom. The third-order valence-corrected chi connectivity index (χ3v) is 3.41. The normalized spacial score (nSPS) is 10.7. The number of imidazole rings is 1. The molecular weight excluding hydrogens is 318 g/mol. The van der Waals surface area contributed by atoms with Gasteiger partial charge in [0.1, 0.15) is 0 Å². The summed E-state index contributed by atoms with van der Waals surface area (Å²) >= 11 is 5.83. The lowest BCUT2D eigenvalue weighted by molar-refractivity contribution is 0.0909. The number of amides is 1. The van der Waals surface area contributed by atoms with Gasteiger partial charge < -0.3 is 14.4 Å². The molecule has 118 valence electrons. The molecule has 0 aliphatic heterocycles. The molecule has 2 aromatic heterocycles. The van der Waals surface area contributed by atoms with Crippen molar-refractivity contribution in [3.8, 4) is 11.4 Å². The fourth-order valence-corrected chi connectivity index (χ4v) is 2.12. The van der Waals surface area contributed by atoms with E-state index in [1.54, 1.807) is 36.8 Å². The highest BCUT2D eigenvalue weighted by molar-refractivity contribution is 6.30. The van der Waals surface area contributed by atoms with Gasteiger partial charge in [0, 0.05) is 36.1 Å². The summed E-state index contributed by atoms with van der Waals surface area (Å²) in [4.78, 5) is 20.0. The van der Waals surface area contributed by atoms with Gasteiger partial charge in [0.25, 0.3) is 0 Å². The third kappa shape index (κ3) is 3.95. The van der Waals surface area contributed by atoms with Crippen LogP contribution in [0.3, 0.4) is 0 Å². The summed E-state index contributed by atoms with van der Waals surface area (Å²) in [6, 6.07) is 6.98. The van der Waals surface area contributed by atoms with Crippen LogP contribution in [0, 0.1) is 0 Å². The van der Waals surface area contributed by atoms with Crippen LogP contribution < -0.4 is 5.32 Å². The van der Waals surface area contributed by atoms with Gasteiger partial charge in [-0.05, 0) is 30.7 Å². The number of carbonyl (C=O) groups is 1. The molecule has 1 aromatic carbocycles. The average Bonchev–Trinajstić information content (AvgIpc) is 3.24. The molecule has 0 unspecified atom stereocenters. The Bertz CT molecular complexity index is 768. The van der Waals surface area contributed by atoms with Gasteiger partial charge in [0.15, 0.2) is 0 Å². The van der Waals surface area contributed by atoms with E-state index < -0.39 is 0 Å². The Labute approximate surface area is 137 Å². The van der Waals surface area contributed by atoms with Gasteiger partial charge in [-0.1, -0.05) is 16.8 Å². The highest BCUT2D eigenvalue weighted by Crippen LogP contribution is 2.18. The predicted molar refractivity (Wildman–Crippen MR) is 83.9 cm³/mol. The fraction of sp³-hybridized carbons (Fsp3) is 0.200. The van der Waals surface area contributed by atoms with Crippen LogP contribution in [-0.2, 0) is 6.54 Å². The van der Waals surface area contributed by atoms with Crippen LogP contribution in [0.4, 0.5) is 0 Å². The number of aryl methyl sites for hydroxylation is 1. The van der Waals surface area contributed by atoms with E-state index in [0.717, 1.165) is 18.5 Å². The first kappa shape index (κ1) is 15.2. The zero-order chi connectivity index (χ0) is 16.1. The van der Waals surface area contributed by atoms with Gasteiger partial charge in [0.2, 0.25) is 5.82 Å². The Kier molecular flexibility index (Phi) is 4.68. The number of aromatic nitrogens is 4. The number of nitrogens with zero attached hydrogens (tertiary/aromatic N) is 4. The number of rotatable bonds is 6. The first-order chi connectivity index (χ1) is 11.2. The van der Waals surface area contributed by atoms with E-state index >= 15 is 0 Å². The van der Waals surface area contributed by atoms with Gasteiger partial charge >= 0.3 is 11.8 Å². The molecule has 1 amide bonds. The Balaban J connectivity index is 1.52. The summed E-state index contributed by atoms with van der Waals surface area (Å²) in [7, 11) is 0. The molecule has 2 heterocycles. The third-order valence-electron chi connectivity index (χ3n) is 3.16. The minimum atomic E-state index is -0.386. The van der Waals surface area contributed by atoms with E-state index in [1.807, 2.05) is 10.8 Å². The molecule has 0 bridgehead atoms. The van der Waals surface area contributed by atoms with Crippen molar-refractivity contribution in [3.63, 3.8) is 0 Å². The van der Waals surface area contributed by atoms with Crippen LogP contribution in [0.25, 0.3) is 11.4 Å². The molecule has 0 saturated heterocycles. The van der Waals surface area contributed by atoms with Crippen LogP contribution in [0.15, 0.2) is 47.5 Å². The maximum absolute atomic E-state index is 12.0. The van der Waals surface area contributed by atoms with Crippen molar-refractivity contribution in [2.75, 3.05) is 6.54 Å². The molecule has 0 spiro atoms. The van der Waals surface area contributed by atoms with Crippen LogP contribution >= 0.6 is 11.6 Å². The van der Waals surface area contributed by atoms with Gasteiger partial charge in [-0.25, -0.2) is 4.98 Å². The summed E-state index contributed by atoms with van der Waals surface area (Å²) in [6.45, 7) is 1.29. The second-order valence-electron chi connectivity index (χ2n) is 4.84. The van der Waals surface area contributed by atoms with Crippen molar-refractivity contribution < 1.29 is 9.32 Å². The first-order valence-electron chi connectivity index (χ1n) is 7.06. The van der Waals surface area contributed by atoms with Crippen LogP contribution in [0.1, 0.15) is 17.1 Å². The van der Waals surface area contributed by atoms with E-state index in [1.165, 1.54) is 0 Å². The summed E-state index contributed by atoms with van der Waals surface area (Å²) < 4.78 is 6.93. The minimum Gasteiger partial charge on any atom is -0.348 e. The first-order valence-corrected chi connectivity index (χ1v) is 7.44. The van der Waals surface area contributed by atoms with Crippen molar-refractivity contribution in [2.45, 2.75) is 13.0 Å². The Morgan fingerprint density at radius 1 is 1.30 bits per heavy atom. The lowest BCUT2D eigenvalue weighted by Crippen LogP contribution is -2.25. The van der Waals surface area contributed by atoms with E-state index in [2.05, 4.69) is 20.4 Å². The van der Waals surface area contributed by atoms with Gasteiger partial charge in [-0.3, -0.25) is 4.79 Å². The molecule has 0 aliphatic carbocycles. The molecular formula is C15H14ClN5O2. The van der Waals surface area contributed by atoms with E-state index in [9.17, 15) is 4.79 Å². The summed E-state index contributed by atoms with van der Waals surface area (Å²) in [5, 5.41) is 7.17. The zero-order valence-corrected chi connectivity index (χ0v) is 12.9. The summed E-state index contributed by atoms with van der Waals surface area (Å²) in [6.07, 6.45) is 6.10. The van der Waals surface area contributed by atoms with E-state index in [-0.39, 0.29) is 11.8 Å². The molecule has 7 nitrogen and oxygen atoms in total. The average molecular weight is 332 g/mol. The van der Waals surface area contributed by atoms with Crippen molar-refractivity contribution in [2.24, 2.45) is 0 Å². The molecule has 8 heteroatoms. The summed E-state index contributed by atoms with van der Waals surface area (Å²) in [5.74, 6) is -0.0915. The van der Waals surface area contributed by atoms with Gasteiger partial charge in [0.05, 0.1) is 6.33 Å². The number of hydrogen-bond acceptors (Lipinski definition) is 5. The van der Waals surface area contributed by atoms with E-state index in [0.29, 0.717) is 17.4 Å². The van der Waals surface area contributed by atoms with Crippen molar-refractivity contribution in [1.29, 1.82) is 0 Å². The fourth-order valence-electron chi connectivity index (χ4n) is 1.99. The molecule has 0 aliphatic rings. The lowest BCUT2D eigenvalue weighted by Gasteiger charge is -2.02. The van der Waals surface area contributed by atoms with Crippen molar-refractivity contribution in [3.05, 3.63) is 53.9 Å². The second kappa shape index (κ2) is 7.06. The maximum atomic E-state index is 12.0. The quantitative estimate of drug-likeness (QED) is 0.701. The standard InChI is InChI=1S/C15H14ClN5O2/c16-12-4-2-11(3-5-12)13-19-15(23-20-13)14(22)18-6-1-8-21-9-7-17-10-21/h2-5,7,9-10H,1,6,8H2,(H,18,22). The van der Waals surface area contributed by atoms with E-state index in [4.69, 9.17) is 16.1 Å². The smallest absolute Gasteiger partial charge is 0.316 e. The monoisotopic (exact) mass is 331 g/mol. The minimum absolute atomic E-state index is 0.0578. The number of nitrogens with one attached hydrogen (secondary N) is 1. The largest absolute Gasteiger partial charge is 0.348 e. The highest BCUT2D eigenvalue weighted by atomic mass is 35.5. The number of benzene rings is 1. The Hall–Kier alpha value is -2.67. The topological polar surface area (TPSA) is 85.8 Å². The lowest BCUT2D eigenvalue weighted by atomic mass is 10.2. The zero-order valence-electron chi connectivity index (χ0n) is 12.1. The van der Waals surface area contributed by atoms with Crippen LogP contribution in [0.2, 0.25) is 5.02 Å². The molecule has 0 atom stereocenters. The molecule has 1 N–H and O–H groups in total. The number of hydrogen-bond donors (Lipinski definition) is 1. The van der Waals surface area contributed by atoms with Crippen molar-refractivity contribution >= 4 is 17.5 Å². The number of carbonyl (C=O) groups excluding carboxylic acids is 1. The molecule has 0 radical (unpaired) electrons. The molecule has 0 fully saturated rings. The van der Waals surface area contributed by atoms with Crippen LogP contribution in [-0.4, -0.2) is 32.1 Å². The van der Waals surface area contributed by atoms with Crippen LogP contribution in [0.5, 0.6) is 0 Å². The maximum Gasteiger partial charge on any atom is 0.316 e. The molecule has 23 heavy (non-hydrogen) atoms. The second-order valence-corrected chi connectivity index (χ2v) is 5.28.